The number of methoxy groups -OCH3 is 3. The van der Waals surface area contributed by atoms with Crippen LogP contribution in [0.15, 0.2) is 194 Å². The average molecular weight is 1190 g/mol. The van der Waals surface area contributed by atoms with Gasteiger partial charge in [0, 0.05) is 68.6 Å². The third-order valence-electron chi connectivity index (χ3n) is 25.2. The van der Waals surface area contributed by atoms with E-state index in [0.29, 0.717) is 0 Å². The number of rotatable bonds is 10. The molecule has 3 aliphatic heterocycles. The molecular weight excluding hydrogens is 1110 g/mol. The number of fused-ring (bicyclic) bond motifs is 9. The van der Waals surface area contributed by atoms with E-state index < -0.39 is 0 Å². The van der Waals surface area contributed by atoms with Gasteiger partial charge in [0.2, 0.25) is 0 Å². The lowest BCUT2D eigenvalue weighted by molar-refractivity contribution is 0.195. The highest BCUT2D eigenvalue weighted by Crippen LogP contribution is 2.66. The van der Waals surface area contributed by atoms with E-state index in [2.05, 4.69) is 250 Å². The molecule has 0 spiro atoms. The van der Waals surface area contributed by atoms with Gasteiger partial charge in [-0.05, 0) is 238 Å². The summed E-state index contributed by atoms with van der Waals surface area (Å²) in [6, 6.07) is 75.1. The fourth-order valence-corrected chi connectivity index (χ4v) is 19.7. The highest BCUT2D eigenvalue weighted by atomic mass is 16.5. The molecule has 0 saturated heterocycles. The van der Waals surface area contributed by atoms with Crippen LogP contribution < -0.4 is 28.9 Å². The fourth-order valence-electron chi connectivity index (χ4n) is 19.7. The van der Waals surface area contributed by atoms with Crippen molar-refractivity contribution in [2.75, 3.05) is 36.0 Å². The Balaban J connectivity index is 0.934. The molecule has 3 heterocycles. The van der Waals surface area contributed by atoms with Crippen LogP contribution in [-0.4, -0.2) is 37.9 Å². The SMILES string of the molecule is COc1cccc(N2c3ccc(-c4cc(-c5ccccc5)c5ccc6c(-c7ccc8c(c7)C7(C)CCCCC7(C)N8c7cccc(OC)c7)cc(-c7ccc8c(c7)C7(C)CCCCC7(C)N8c7cccc(OC)c7)c7ccc4c5c67)cc3C3(C)CCCCC23C)c1. The summed E-state index contributed by atoms with van der Waals surface area (Å²) < 4.78 is 17.7. The van der Waals surface area contributed by atoms with Crippen molar-refractivity contribution in [2.45, 2.75) is 151 Å². The van der Waals surface area contributed by atoms with E-state index in [4.69, 9.17) is 14.2 Å². The Hall–Kier alpha value is -8.74. The maximum Gasteiger partial charge on any atom is 0.120 e. The molecule has 456 valence electrons. The Morgan fingerprint density at radius 3 is 0.912 bits per heavy atom. The molecule has 17 rings (SSSR count). The molecule has 6 atom stereocenters. The zero-order valence-electron chi connectivity index (χ0n) is 54.5. The summed E-state index contributed by atoms with van der Waals surface area (Å²) in [5.41, 5.74) is 21.4. The van der Waals surface area contributed by atoms with Gasteiger partial charge in [-0.25, -0.2) is 0 Å². The lowest BCUT2D eigenvalue weighted by atomic mass is 9.61. The van der Waals surface area contributed by atoms with Crippen molar-refractivity contribution in [2.24, 2.45) is 0 Å². The molecule has 0 N–H and O–H groups in total. The van der Waals surface area contributed by atoms with Gasteiger partial charge >= 0.3 is 0 Å². The van der Waals surface area contributed by atoms with Crippen molar-refractivity contribution >= 4 is 66.4 Å². The molecule has 6 unspecified atom stereocenters. The fraction of sp³-hybridized carbons (Fsp3) is 0.318. The first-order valence-electron chi connectivity index (χ1n) is 33.8. The molecule has 6 aliphatic rings. The summed E-state index contributed by atoms with van der Waals surface area (Å²) in [6.45, 7) is 15.3. The number of hydrogen-bond donors (Lipinski definition) is 0. The highest BCUT2D eigenvalue weighted by Gasteiger charge is 2.60. The van der Waals surface area contributed by atoms with Crippen LogP contribution in [0.1, 0.15) is 135 Å². The van der Waals surface area contributed by atoms with Gasteiger partial charge in [0.25, 0.3) is 0 Å². The molecular formula is C85H83N3O3. The van der Waals surface area contributed by atoms with Crippen LogP contribution in [0.5, 0.6) is 17.2 Å². The maximum atomic E-state index is 5.90. The quantitative estimate of drug-likeness (QED) is 0.127. The molecule has 3 aliphatic carbocycles. The van der Waals surface area contributed by atoms with Crippen LogP contribution in [0.4, 0.5) is 34.1 Å². The topological polar surface area (TPSA) is 37.4 Å². The first-order chi connectivity index (χ1) is 44.2. The first kappa shape index (κ1) is 56.3. The molecule has 3 saturated carbocycles. The predicted molar refractivity (Wildman–Crippen MR) is 380 cm³/mol. The standard InChI is InChI=1S/C85H83N3O3/c1-80-40-13-16-43-83(80,4)86(58-24-19-27-61(49-58)89-7)75-37-30-55(46-72(75)80)69-52-68(54-22-11-10-12-23-54)64-33-34-66-70(56-31-38-76-73(47-56)81(2)41-14-17-44-84(81,5)87(76)59-25-20-28-62(50-59)90-8)53-71(67-36-35-65(69)78(64)79(66)67)57-32-39-77-74(48-57)82(3)42-15-18-45-85(82,6)88(77)60-26-21-29-63(51-60)91-9/h10-12,19-39,46-53H,13-18,40-45H2,1-9H3. The maximum absolute atomic E-state index is 5.90. The van der Waals surface area contributed by atoms with E-state index in [1.54, 1.807) is 21.3 Å². The molecule has 91 heavy (non-hydrogen) atoms. The minimum Gasteiger partial charge on any atom is -0.497 e. The Labute approximate surface area is 537 Å². The second kappa shape index (κ2) is 20.1. The molecule has 0 amide bonds. The van der Waals surface area contributed by atoms with Crippen molar-refractivity contribution in [1.29, 1.82) is 0 Å². The Morgan fingerprint density at radius 1 is 0.286 bits per heavy atom. The summed E-state index contributed by atoms with van der Waals surface area (Å²) in [6.07, 6.45) is 14.0. The van der Waals surface area contributed by atoms with Crippen LogP contribution in [0.25, 0.3) is 76.8 Å². The van der Waals surface area contributed by atoms with Crippen molar-refractivity contribution in [3.8, 4) is 61.8 Å². The number of anilines is 6. The molecule has 0 bridgehead atoms. The zero-order chi connectivity index (χ0) is 62.0. The van der Waals surface area contributed by atoms with Crippen LogP contribution in [0.2, 0.25) is 0 Å². The van der Waals surface area contributed by atoms with Crippen molar-refractivity contribution in [1.82, 2.24) is 0 Å². The first-order valence-corrected chi connectivity index (χ1v) is 33.8. The largest absolute Gasteiger partial charge is 0.497 e. The van der Waals surface area contributed by atoms with Crippen LogP contribution in [-0.2, 0) is 16.2 Å². The van der Waals surface area contributed by atoms with Gasteiger partial charge in [0.1, 0.15) is 17.2 Å². The van der Waals surface area contributed by atoms with Gasteiger partial charge in [0.05, 0.1) is 37.9 Å². The van der Waals surface area contributed by atoms with Crippen LogP contribution in [0.3, 0.4) is 0 Å². The minimum atomic E-state index is -0.124. The normalized spacial score (nSPS) is 25.5. The predicted octanol–water partition coefficient (Wildman–Crippen LogP) is 22.5. The molecule has 3 fully saturated rings. The van der Waals surface area contributed by atoms with E-state index in [9.17, 15) is 0 Å². The summed E-state index contributed by atoms with van der Waals surface area (Å²) in [5, 5.41) is 7.81. The Bertz CT molecular complexity index is 4630. The van der Waals surface area contributed by atoms with Gasteiger partial charge in [0.15, 0.2) is 0 Å². The third kappa shape index (κ3) is 7.65. The van der Waals surface area contributed by atoms with Gasteiger partial charge in [-0.1, -0.05) is 150 Å². The van der Waals surface area contributed by atoms with Crippen molar-refractivity contribution in [3.05, 3.63) is 211 Å². The highest BCUT2D eigenvalue weighted by molar-refractivity contribution is 6.32. The van der Waals surface area contributed by atoms with Crippen molar-refractivity contribution < 1.29 is 14.2 Å². The Kier molecular flexibility index (Phi) is 12.4. The van der Waals surface area contributed by atoms with Crippen LogP contribution >= 0.6 is 0 Å². The van der Waals surface area contributed by atoms with E-state index in [0.717, 1.165) is 55.8 Å². The third-order valence-corrected chi connectivity index (χ3v) is 25.2. The summed E-state index contributed by atoms with van der Waals surface area (Å²) in [5.74, 6) is 2.66. The smallest absolute Gasteiger partial charge is 0.120 e. The molecule has 11 aromatic carbocycles. The number of hydrogen-bond acceptors (Lipinski definition) is 6. The molecule has 6 nitrogen and oxygen atoms in total. The molecule has 6 heteroatoms. The lowest BCUT2D eigenvalue weighted by Gasteiger charge is -2.50. The molecule has 0 radical (unpaired) electrons. The van der Waals surface area contributed by atoms with Gasteiger partial charge in [-0.15, -0.1) is 0 Å². The minimum absolute atomic E-state index is 0.0739. The summed E-state index contributed by atoms with van der Waals surface area (Å²) in [4.78, 5) is 8.03. The Morgan fingerprint density at radius 2 is 0.593 bits per heavy atom. The summed E-state index contributed by atoms with van der Waals surface area (Å²) >= 11 is 0. The number of nitrogens with zero attached hydrogens (tertiary/aromatic N) is 3. The number of benzene rings is 11. The average Bonchev–Trinajstić information content (AvgIpc) is 1.66. The lowest BCUT2D eigenvalue weighted by Crippen LogP contribution is -2.54. The van der Waals surface area contributed by atoms with Gasteiger partial charge in [-0.2, -0.15) is 0 Å². The van der Waals surface area contributed by atoms with Crippen LogP contribution in [0, 0.1) is 0 Å². The van der Waals surface area contributed by atoms with E-state index in [-0.39, 0.29) is 32.9 Å². The number of ether oxygens (including phenoxy) is 3. The zero-order valence-corrected chi connectivity index (χ0v) is 54.5. The van der Waals surface area contributed by atoms with Gasteiger partial charge < -0.3 is 28.9 Å². The van der Waals surface area contributed by atoms with Gasteiger partial charge in [-0.3, -0.25) is 0 Å². The summed E-state index contributed by atoms with van der Waals surface area (Å²) in [7, 11) is 5.35. The second-order valence-corrected chi connectivity index (χ2v) is 29.1. The van der Waals surface area contributed by atoms with E-state index in [1.165, 1.54) is 166 Å². The molecule has 11 aromatic rings. The second-order valence-electron chi connectivity index (χ2n) is 29.1. The van der Waals surface area contributed by atoms with E-state index in [1.807, 2.05) is 0 Å². The monoisotopic (exact) mass is 1190 g/mol. The van der Waals surface area contributed by atoms with E-state index >= 15 is 0 Å². The van der Waals surface area contributed by atoms with Crippen molar-refractivity contribution in [3.63, 3.8) is 0 Å². The molecule has 0 aromatic heterocycles.